The van der Waals surface area contributed by atoms with Gasteiger partial charge in [0, 0.05) is 38.4 Å². The zero-order chi connectivity index (χ0) is 14.5. The maximum Gasteiger partial charge on any atom is 0.167 e. The number of carbonyl (C=O) groups excluding carboxylic acids is 1. The van der Waals surface area contributed by atoms with Crippen molar-refractivity contribution in [2.75, 3.05) is 0 Å². The van der Waals surface area contributed by atoms with Crippen molar-refractivity contribution in [3.63, 3.8) is 0 Å². The van der Waals surface area contributed by atoms with E-state index >= 15 is 0 Å². The fourth-order valence-corrected chi connectivity index (χ4v) is 3.12. The van der Waals surface area contributed by atoms with E-state index in [1.165, 1.54) is 0 Å². The van der Waals surface area contributed by atoms with Crippen LogP contribution in [0.5, 0.6) is 0 Å². The molecular formula is C15H11Br2NOS. The summed E-state index contributed by atoms with van der Waals surface area (Å²) in [5.74, 6) is 0.0452. The minimum Gasteiger partial charge on any atom is -0.294 e. The van der Waals surface area contributed by atoms with Crippen LogP contribution in [0.15, 0.2) is 51.5 Å². The molecule has 0 atom stereocenters. The van der Waals surface area contributed by atoms with Crippen molar-refractivity contribution in [3.05, 3.63) is 62.8 Å². The predicted molar refractivity (Wildman–Crippen MR) is 91.3 cm³/mol. The van der Waals surface area contributed by atoms with Crippen LogP contribution in [0.4, 0.5) is 0 Å². The van der Waals surface area contributed by atoms with Crippen LogP contribution >= 0.6 is 44.1 Å². The Hall–Kier alpha value is -0.910. The lowest BCUT2D eigenvalue weighted by atomic mass is 10.0. The van der Waals surface area contributed by atoms with Gasteiger partial charge in [0.05, 0.1) is 5.69 Å². The van der Waals surface area contributed by atoms with E-state index in [-0.39, 0.29) is 12.2 Å². The van der Waals surface area contributed by atoms with Gasteiger partial charge in [0.25, 0.3) is 0 Å². The fraction of sp³-hybridized carbons (Fsp3) is 0.133. The number of benzene rings is 1. The molecule has 1 aromatic carbocycles. The molecule has 102 valence electrons. The van der Waals surface area contributed by atoms with Crippen molar-refractivity contribution in [2.24, 2.45) is 0 Å². The molecule has 0 spiro atoms. The molecule has 2 nitrogen and oxygen atoms in total. The van der Waals surface area contributed by atoms with E-state index in [1.54, 1.807) is 18.3 Å². The molecule has 0 saturated heterocycles. The van der Waals surface area contributed by atoms with Gasteiger partial charge in [-0.15, -0.1) is 0 Å². The van der Waals surface area contributed by atoms with Gasteiger partial charge in [-0.05, 0) is 37.9 Å². The van der Waals surface area contributed by atoms with Crippen molar-refractivity contribution in [1.29, 1.82) is 0 Å². The number of hydrogen-bond donors (Lipinski definition) is 0. The first-order valence-electron chi connectivity index (χ1n) is 5.96. The average Bonchev–Trinajstić information content (AvgIpc) is 2.43. The van der Waals surface area contributed by atoms with Gasteiger partial charge in [-0.3, -0.25) is 9.78 Å². The first kappa shape index (κ1) is 15.5. The summed E-state index contributed by atoms with van der Waals surface area (Å²) >= 11 is 12.1. The smallest absolute Gasteiger partial charge is 0.167 e. The number of halogens is 2. The van der Waals surface area contributed by atoms with Crippen molar-refractivity contribution in [2.45, 2.75) is 12.8 Å². The summed E-state index contributed by atoms with van der Waals surface area (Å²) < 4.78 is 1.79. The second-order valence-electron chi connectivity index (χ2n) is 4.26. The molecular weight excluding hydrogens is 402 g/mol. The van der Waals surface area contributed by atoms with Gasteiger partial charge in [0.15, 0.2) is 5.78 Å². The Balaban J connectivity index is 2.01. The summed E-state index contributed by atoms with van der Waals surface area (Å²) in [5, 5.41) is 0. The highest BCUT2D eigenvalue weighted by Crippen LogP contribution is 2.20. The number of rotatable bonds is 5. The number of aromatic nitrogens is 1. The molecule has 0 aliphatic heterocycles. The molecule has 20 heavy (non-hydrogen) atoms. The van der Waals surface area contributed by atoms with Crippen LogP contribution < -0.4 is 0 Å². The average molecular weight is 413 g/mol. The number of pyridine rings is 1. The molecule has 2 aromatic rings. The highest BCUT2D eigenvalue weighted by molar-refractivity contribution is 9.11. The zero-order valence-electron chi connectivity index (χ0n) is 10.5. The maximum atomic E-state index is 12.1. The van der Waals surface area contributed by atoms with E-state index in [0.717, 1.165) is 14.6 Å². The summed E-state index contributed by atoms with van der Waals surface area (Å²) in [5.41, 5.74) is 1.54. The van der Waals surface area contributed by atoms with Gasteiger partial charge in [-0.1, -0.05) is 42.5 Å². The number of Topliss-reactive ketones (excluding diaryl/α,β-unsaturated/α-hetero) is 1. The minimum absolute atomic E-state index is 0.0452. The normalized spacial score (nSPS) is 10.3. The van der Waals surface area contributed by atoms with Crippen molar-refractivity contribution < 1.29 is 4.79 Å². The van der Waals surface area contributed by atoms with Crippen molar-refractivity contribution in [3.8, 4) is 0 Å². The Bertz CT molecular complexity index is 644. The molecule has 0 N–H and O–H groups in total. The molecule has 0 aliphatic rings. The highest BCUT2D eigenvalue weighted by atomic mass is 79.9. The number of nitrogens with zero attached hydrogens (tertiary/aromatic N) is 1. The van der Waals surface area contributed by atoms with Gasteiger partial charge < -0.3 is 0 Å². The fourth-order valence-electron chi connectivity index (χ4n) is 1.73. The standard InChI is InChI=1S/C15H11Br2NOS/c16-11-6-13(17)14(18-9-11)7-12(20)8-15(19)10-4-2-1-3-5-10/h1-6,9H,7-8H2. The second kappa shape index (κ2) is 7.20. The van der Waals surface area contributed by atoms with Gasteiger partial charge in [0.2, 0.25) is 0 Å². The lowest BCUT2D eigenvalue weighted by molar-refractivity contribution is 0.100. The third-order valence-electron chi connectivity index (χ3n) is 2.70. The summed E-state index contributed by atoms with van der Waals surface area (Å²) in [6.45, 7) is 0. The van der Waals surface area contributed by atoms with E-state index in [4.69, 9.17) is 12.2 Å². The van der Waals surface area contributed by atoms with E-state index in [2.05, 4.69) is 36.8 Å². The quantitative estimate of drug-likeness (QED) is 0.522. The van der Waals surface area contributed by atoms with Crippen molar-refractivity contribution >= 4 is 54.7 Å². The molecule has 0 radical (unpaired) electrons. The predicted octanol–water partition coefficient (Wildman–Crippen LogP) is 4.79. The number of thiocarbonyl (C=S) groups is 1. The van der Waals surface area contributed by atoms with Crippen LogP contribution in [0.25, 0.3) is 0 Å². The second-order valence-corrected chi connectivity index (χ2v) is 6.61. The maximum absolute atomic E-state index is 12.1. The Morgan fingerprint density at radius 2 is 1.90 bits per heavy atom. The third-order valence-corrected chi connectivity index (χ3v) is 4.11. The Morgan fingerprint density at radius 3 is 2.55 bits per heavy atom. The summed E-state index contributed by atoms with van der Waals surface area (Å²) in [6.07, 6.45) is 2.51. The van der Waals surface area contributed by atoms with Crippen LogP contribution in [0, 0.1) is 0 Å². The Kier molecular flexibility index (Phi) is 5.57. The molecule has 0 bridgehead atoms. The molecule has 5 heteroatoms. The first-order valence-corrected chi connectivity index (χ1v) is 7.95. The SMILES string of the molecule is O=C(CC(=S)Cc1ncc(Br)cc1Br)c1ccccc1. The topological polar surface area (TPSA) is 30.0 Å². The summed E-state index contributed by atoms with van der Waals surface area (Å²) in [7, 11) is 0. The first-order chi connectivity index (χ1) is 9.56. The van der Waals surface area contributed by atoms with E-state index in [1.807, 2.05) is 24.3 Å². The lowest BCUT2D eigenvalue weighted by Gasteiger charge is -2.06. The Morgan fingerprint density at radius 1 is 1.20 bits per heavy atom. The number of carbonyl (C=O) groups is 1. The third kappa shape index (κ3) is 4.30. The number of hydrogen-bond acceptors (Lipinski definition) is 3. The molecule has 0 aliphatic carbocycles. The van der Waals surface area contributed by atoms with E-state index in [9.17, 15) is 4.79 Å². The van der Waals surface area contributed by atoms with Crippen LogP contribution in [-0.2, 0) is 6.42 Å². The molecule has 0 saturated carbocycles. The van der Waals surface area contributed by atoms with Gasteiger partial charge in [-0.25, -0.2) is 0 Å². The monoisotopic (exact) mass is 411 g/mol. The Labute approximate surface area is 139 Å². The molecule has 1 aromatic heterocycles. The molecule has 2 rings (SSSR count). The summed E-state index contributed by atoms with van der Waals surface area (Å²) in [4.78, 5) is 17.1. The zero-order valence-corrected chi connectivity index (χ0v) is 14.5. The molecule has 0 fully saturated rings. The number of ketones is 1. The summed E-state index contributed by atoms with van der Waals surface area (Å²) in [6, 6.07) is 11.1. The minimum atomic E-state index is 0.0452. The molecule has 0 amide bonds. The van der Waals surface area contributed by atoms with Crippen LogP contribution in [-0.4, -0.2) is 15.6 Å². The lowest BCUT2D eigenvalue weighted by Crippen LogP contribution is -2.10. The van der Waals surface area contributed by atoms with Crippen LogP contribution in [0.1, 0.15) is 22.5 Å². The highest BCUT2D eigenvalue weighted by Gasteiger charge is 2.11. The van der Waals surface area contributed by atoms with Crippen LogP contribution in [0.2, 0.25) is 0 Å². The largest absolute Gasteiger partial charge is 0.294 e. The van der Waals surface area contributed by atoms with E-state index < -0.39 is 0 Å². The van der Waals surface area contributed by atoms with E-state index in [0.29, 0.717) is 16.8 Å². The van der Waals surface area contributed by atoms with Gasteiger partial charge in [0.1, 0.15) is 0 Å². The van der Waals surface area contributed by atoms with Crippen molar-refractivity contribution in [1.82, 2.24) is 4.98 Å². The van der Waals surface area contributed by atoms with Gasteiger partial charge >= 0.3 is 0 Å². The van der Waals surface area contributed by atoms with Crippen LogP contribution in [0.3, 0.4) is 0 Å². The molecule has 0 unspecified atom stereocenters. The molecule has 1 heterocycles. The van der Waals surface area contributed by atoms with Gasteiger partial charge in [-0.2, -0.15) is 0 Å².